The predicted octanol–water partition coefficient (Wildman–Crippen LogP) is 3.20. The quantitative estimate of drug-likeness (QED) is 0.772. The summed E-state index contributed by atoms with van der Waals surface area (Å²) in [6, 6.07) is 9.46. The Labute approximate surface area is 123 Å². The van der Waals surface area contributed by atoms with Crippen molar-refractivity contribution in [2.45, 2.75) is 13.5 Å². The third-order valence-corrected chi connectivity index (χ3v) is 3.82. The second kappa shape index (κ2) is 5.13. The minimum atomic E-state index is -0.435. The fourth-order valence-corrected chi connectivity index (χ4v) is 2.17. The van der Waals surface area contributed by atoms with E-state index >= 15 is 0 Å². The van der Waals surface area contributed by atoms with Gasteiger partial charge in [0.05, 0.1) is 11.2 Å². The van der Waals surface area contributed by atoms with Gasteiger partial charge in [0.15, 0.2) is 5.58 Å². The first-order valence-corrected chi connectivity index (χ1v) is 6.90. The van der Waals surface area contributed by atoms with Crippen molar-refractivity contribution in [3.05, 3.63) is 56.6 Å². The average molecular weight is 334 g/mol. The van der Waals surface area contributed by atoms with Crippen LogP contribution in [0.4, 0.5) is 5.82 Å². The highest BCUT2D eigenvalue weighted by molar-refractivity contribution is 9.10. The minimum absolute atomic E-state index is 0.435. The van der Waals surface area contributed by atoms with E-state index in [0.717, 1.165) is 21.5 Å². The maximum Gasteiger partial charge on any atom is 0.417 e. The minimum Gasteiger partial charge on any atom is -0.408 e. The number of aryl methyl sites for hydroxylation is 1. The molecule has 0 bridgehead atoms. The van der Waals surface area contributed by atoms with Crippen LogP contribution in [0.15, 0.2) is 44.0 Å². The van der Waals surface area contributed by atoms with Crippen molar-refractivity contribution in [2.24, 2.45) is 0 Å². The number of rotatable bonds is 3. The molecular formula is C14H12BrN3O2. The van der Waals surface area contributed by atoms with Crippen LogP contribution >= 0.6 is 15.9 Å². The van der Waals surface area contributed by atoms with Crippen molar-refractivity contribution >= 4 is 32.8 Å². The van der Waals surface area contributed by atoms with Crippen LogP contribution in [-0.2, 0) is 6.54 Å². The van der Waals surface area contributed by atoms with E-state index in [0.29, 0.717) is 17.6 Å². The highest BCUT2D eigenvalue weighted by Gasteiger charge is 2.03. The molecule has 20 heavy (non-hydrogen) atoms. The fraction of sp³-hybridized carbons (Fsp3) is 0.143. The first kappa shape index (κ1) is 12.9. The second-order valence-electron chi connectivity index (χ2n) is 4.46. The van der Waals surface area contributed by atoms with Gasteiger partial charge in [-0.15, -0.1) is 0 Å². The number of hydrogen-bond acceptors (Lipinski definition) is 4. The summed E-state index contributed by atoms with van der Waals surface area (Å²) in [5.74, 6) is 0.377. The summed E-state index contributed by atoms with van der Waals surface area (Å²) in [5, 5.41) is 3.25. The monoisotopic (exact) mass is 333 g/mol. The Balaban J connectivity index is 1.78. The molecule has 102 valence electrons. The van der Waals surface area contributed by atoms with E-state index < -0.39 is 5.76 Å². The standard InChI is InChI=1S/C14H12BrN3O2/c1-8-10(15)3-5-13(17-8)16-7-9-2-4-12-11(6-9)18-14(19)20-12/h2-6H,7H2,1H3,(H,16,17)(H,18,19). The number of aromatic amines is 1. The smallest absolute Gasteiger partial charge is 0.408 e. The Bertz CT molecular complexity index is 823. The molecule has 0 unspecified atom stereocenters. The van der Waals surface area contributed by atoms with Crippen LogP contribution in [-0.4, -0.2) is 9.97 Å². The lowest BCUT2D eigenvalue weighted by Gasteiger charge is -2.07. The number of hydrogen-bond donors (Lipinski definition) is 2. The molecule has 0 amide bonds. The molecule has 0 saturated carbocycles. The second-order valence-corrected chi connectivity index (χ2v) is 5.32. The first-order valence-electron chi connectivity index (χ1n) is 6.10. The molecular weight excluding hydrogens is 322 g/mol. The van der Waals surface area contributed by atoms with Gasteiger partial charge in [0.2, 0.25) is 0 Å². The Morgan fingerprint density at radius 2 is 2.20 bits per heavy atom. The highest BCUT2D eigenvalue weighted by atomic mass is 79.9. The predicted molar refractivity (Wildman–Crippen MR) is 80.8 cm³/mol. The first-order chi connectivity index (χ1) is 9.61. The number of halogens is 1. The third kappa shape index (κ3) is 2.60. The van der Waals surface area contributed by atoms with Crippen molar-refractivity contribution in [1.29, 1.82) is 0 Å². The largest absolute Gasteiger partial charge is 0.417 e. The molecule has 2 aromatic heterocycles. The van der Waals surface area contributed by atoms with Gasteiger partial charge in [-0.1, -0.05) is 6.07 Å². The molecule has 3 aromatic rings. The van der Waals surface area contributed by atoms with Crippen LogP contribution < -0.4 is 11.1 Å². The van der Waals surface area contributed by atoms with Gasteiger partial charge in [0, 0.05) is 11.0 Å². The summed E-state index contributed by atoms with van der Waals surface area (Å²) in [5.41, 5.74) is 3.24. The lowest BCUT2D eigenvalue weighted by Crippen LogP contribution is -2.02. The Morgan fingerprint density at radius 1 is 1.35 bits per heavy atom. The zero-order valence-electron chi connectivity index (χ0n) is 10.7. The van der Waals surface area contributed by atoms with Crippen molar-refractivity contribution in [3.8, 4) is 0 Å². The topological polar surface area (TPSA) is 70.9 Å². The van der Waals surface area contributed by atoms with E-state index in [9.17, 15) is 4.79 Å². The summed E-state index contributed by atoms with van der Waals surface area (Å²) in [6.07, 6.45) is 0. The molecule has 0 spiro atoms. The summed E-state index contributed by atoms with van der Waals surface area (Å²) in [4.78, 5) is 18.2. The Kier molecular flexibility index (Phi) is 3.31. The molecule has 0 fully saturated rings. The van der Waals surface area contributed by atoms with Crippen LogP contribution in [0.3, 0.4) is 0 Å². The van der Waals surface area contributed by atoms with Gasteiger partial charge in [-0.2, -0.15) is 0 Å². The Hall–Kier alpha value is -2.08. The number of benzene rings is 1. The summed E-state index contributed by atoms with van der Waals surface area (Å²) >= 11 is 3.42. The SMILES string of the molecule is Cc1nc(NCc2ccc3oc(=O)[nH]c3c2)ccc1Br. The molecule has 0 atom stereocenters. The molecule has 3 rings (SSSR count). The number of nitrogens with one attached hydrogen (secondary N) is 2. The number of pyridine rings is 1. The summed E-state index contributed by atoms with van der Waals surface area (Å²) in [7, 11) is 0. The van der Waals surface area contributed by atoms with Gasteiger partial charge in [-0.25, -0.2) is 9.78 Å². The Morgan fingerprint density at radius 3 is 3.00 bits per heavy atom. The van der Waals surface area contributed by atoms with Crippen LogP contribution in [0.2, 0.25) is 0 Å². The van der Waals surface area contributed by atoms with E-state index in [4.69, 9.17) is 4.42 Å². The molecule has 2 heterocycles. The lowest BCUT2D eigenvalue weighted by atomic mass is 10.2. The van der Waals surface area contributed by atoms with Gasteiger partial charge in [0.25, 0.3) is 0 Å². The summed E-state index contributed by atoms with van der Waals surface area (Å²) < 4.78 is 5.95. The summed E-state index contributed by atoms with van der Waals surface area (Å²) in [6.45, 7) is 2.56. The third-order valence-electron chi connectivity index (χ3n) is 2.98. The van der Waals surface area contributed by atoms with Crippen LogP contribution in [0.5, 0.6) is 0 Å². The molecule has 6 heteroatoms. The fourth-order valence-electron chi connectivity index (χ4n) is 1.94. The van der Waals surface area contributed by atoms with E-state index in [-0.39, 0.29) is 0 Å². The molecule has 2 N–H and O–H groups in total. The molecule has 0 saturated heterocycles. The van der Waals surface area contributed by atoms with Crippen LogP contribution in [0.1, 0.15) is 11.3 Å². The number of H-pyrrole nitrogens is 1. The number of nitrogens with zero attached hydrogens (tertiary/aromatic N) is 1. The number of oxazole rings is 1. The van der Waals surface area contributed by atoms with Gasteiger partial charge in [-0.05, 0) is 52.7 Å². The molecule has 0 aliphatic carbocycles. The van der Waals surface area contributed by atoms with Crippen molar-refractivity contribution < 1.29 is 4.42 Å². The molecule has 0 aliphatic rings. The van der Waals surface area contributed by atoms with Gasteiger partial charge >= 0.3 is 5.76 Å². The van der Waals surface area contributed by atoms with E-state index in [1.165, 1.54) is 0 Å². The van der Waals surface area contributed by atoms with Crippen molar-refractivity contribution in [3.63, 3.8) is 0 Å². The van der Waals surface area contributed by atoms with E-state index in [2.05, 4.69) is 31.2 Å². The number of anilines is 1. The molecule has 0 radical (unpaired) electrons. The normalized spacial score (nSPS) is 10.9. The van der Waals surface area contributed by atoms with Gasteiger partial charge in [0.1, 0.15) is 5.82 Å². The van der Waals surface area contributed by atoms with Gasteiger partial charge < -0.3 is 9.73 Å². The van der Waals surface area contributed by atoms with Crippen LogP contribution in [0.25, 0.3) is 11.1 Å². The van der Waals surface area contributed by atoms with E-state index in [1.807, 2.05) is 31.2 Å². The lowest BCUT2D eigenvalue weighted by molar-refractivity contribution is 0.555. The zero-order chi connectivity index (χ0) is 14.1. The molecule has 5 nitrogen and oxygen atoms in total. The van der Waals surface area contributed by atoms with Crippen molar-refractivity contribution in [2.75, 3.05) is 5.32 Å². The number of aromatic nitrogens is 2. The van der Waals surface area contributed by atoms with Gasteiger partial charge in [-0.3, -0.25) is 4.98 Å². The van der Waals surface area contributed by atoms with E-state index in [1.54, 1.807) is 6.07 Å². The van der Waals surface area contributed by atoms with Crippen molar-refractivity contribution in [1.82, 2.24) is 9.97 Å². The maximum absolute atomic E-state index is 11.1. The maximum atomic E-state index is 11.1. The van der Waals surface area contributed by atoms with Crippen LogP contribution in [0, 0.1) is 6.92 Å². The number of fused-ring (bicyclic) bond motifs is 1. The molecule has 0 aliphatic heterocycles. The average Bonchev–Trinajstić information content (AvgIpc) is 2.79. The zero-order valence-corrected chi connectivity index (χ0v) is 12.3. The molecule has 1 aromatic carbocycles. The highest BCUT2D eigenvalue weighted by Crippen LogP contribution is 2.17.